The van der Waals surface area contributed by atoms with Gasteiger partial charge in [-0.2, -0.15) is 0 Å². The number of rotatable bonds is 1. The zero-order valence-electron chi connectivity index (χ0n) is 10.1. The fraction of sp³-hybridized carbons (Fsp3) is 0. The summed E-state index contributed by atoms with van der Waals surface area (Å²) in [5.41, 5.74) is -2.87. The second-order valence-electron chi connectivity index (χ2n) is 4.13. The van der Waals surface area contributed by atoms with E-state index in [4.69, 9.17) is 0 Å². The highest BCUT2D eigenvalue weighted by Gasteiger charge is 2.30. The predicted octanol–water partition coefficient (Wildman–Crippen LogP) is 2.46. The summed E-state index contributed by atoms with van der Waals surface area (Å²) in [7, 11) is -0.175. The van der Waals surface area contributed by atoms with E-state index in [1.54, 1.807) is 0 Å². The molecule has 0 radical (unpaired) electrons. The summed E-state index contributed by atoms with van der Waals surface area (Å²) >= 11 is 0. The third kappa shape index (κ3) is 2.21. The van der Waals surface area contributed by atoms with Gasteiger partial charge in [0.25, 0.3) is 0 Å². The van der Waals surface area contributed by atoms with E-state index >= 15 is 0 Å². The summed E-state index contributed by atoms with van der Waals surface area (Å²) in [6, 6.07) is 0.512. The topological polar surface area (TPSA) is 0 Å². The third-order valence-electron chi connectivity index (χ3n) is 2.81. The van der Waals surface area contributed by atoms with Crippen molar-refractivity contribution in [3.8, 4) is 11.1 Å². The molecule has 2 rings (SSSR count). The first kappa shape index (κ1) is 15.5. The van der Waals surface area contributed by atoms with Gasteiger partial charge in [-0.25, -0.2) is 35.1 Å². The molecule has 0 heterocycles. The third-order valence-corrected chi connectivity index (χ3v) is 3.54. The molecule has 0 fully saturated rings. The second kappa shape index (κ2) is 5.13. The molecule has 112 valence electrons. The van der Waals surface area contributed by atoms with Gasteiger partial charge >= 0.3 is 0 Å². The molecular formula is C12H4F8Si. The normalized spacial score (nSPS) is 11.2. The SMILES string of the molecule is Fc1c([SiH3])cc(-c2c(F)c(F)c(F)c(F)c2F)c(F)c1F. The first-order valence-electron chi connectivity index (χ1n) is 5.34. The van der Waals surface area contributed by atoms with Crippen LogP contribution in [0, 0.1) is 46.5 Å². The van der Waals surface area contributed by atoms with E-state index in [9.17, 15) is 35.1 Å². The Balaban J connectivity index is 2.93. The smallest absolute Gasteiger partial charge is 0.200 e. The minimum atomic E-state index is -2.43. The molecule has 0 atom stereocenters. The predicted molar refractivity (Wildman–Crippen MR) is 61.1 cm³/mol. The molecule has 9 heteroatoms. The van der Waals surface area contributed by atoms with E-state index in [1.165, 1.54) is 0 Å². The van der Waals surface area contributed by atoms with Gasteiger partial charge in [-0.3, -0.25) is 0 Å². The lowest BCUT2D eigenvalue weighted by atomic mass is 10.0. The maximum absolute atomic E-state index is 13.6. The van der Waals surface area contributed by atoms with Gasteiger partial charge in [-0.15, -0.1) is 0 Å². The molecular weight excluding hydrogens is 324 g/mol. The van der Waals surface area contributed by atoms with E-state index < -0.39 is 62.9 Å². The van der Waals surface area contributed by atoms with Crippen molar-refractivity contribution >= 4 is 15.4 Å². The Morgan fingerprint density at radius 3 is 1.38 bits per heavy atom. The van der Waals surface area contributed by atoms with Gasteiger partial charge in [-0.05, 0) is 11.3 Å². The van der Waals surface area contributed by atoms with Crippen molar-refractivity contribution in [3.63, 3.8) is 0 Å². The highest BCUT2D eigenvalue weighted by Crippen LogP contribution is 2.33. The molecule has 0 saturated heterocycles. The van der Waals surface area contributed by atoms with Crippen molar-refractivity contribution in [2.75, 3.05) is 0 Å². The largest absolute Gasteiger partial charge is 0.204 e. The fourth-order valence-corrected chi connectivity index (χ4v) is 2.26. The van der Waals surface area contributed by atoms with Crippen LogP contribution in [0.15, 0.2) is 6.07 Å². The van der Waals surface area contributed by atoms with Gasteiger partial charge in [0.05, 0.1) is 5.56 Å². The molecule has 0 saturated carbocycles. The molecule has 0 aliphatic carbocycles. The van der Waals surface area contributed by atoms with Gasteiger partial charge in [0.2, 0.25) is 5.82 Å². The molecule has 2 aromatic carbocycles. The molecule has 0 N–H and O–H groups in total. The van der Waals surface area contributed by atoms with Crippen LogP contribution < -0.4 is 5.19 Å². The summed E-state index contributed by atoms with van der Waals surface area (Å²) in [5.74, 6) is -17.3. The molecule has 2 aromatic rings. The van der Waals surface area contributed by atoms with Crippen LogP contribution >= 0.6 is 0 Å². The van der Waals surface area contributed by atoms with E-state index in [1.807, 2.05) is 0 Å². The molecule has 0 aliphatic rings. The molecule has 0 amide bonds. The Hall–Kier alpha value is -1.90. The fourth-order valence-electron chi connectivity index (χ4n) is 1.75. The first-order chi connectivity index (χ1) is 9.68. The highest BCUT2D eigenvalue weighted by atomic mass is 28.1. The van der Waals surface area contributed by atoms with Crippen molar-refractivity contribution in [2.24, 2.45) is 0 Å². The summed E-state index contributed by atoms with van der Waals surface area (Å²) in [6.45, 7) is 0. The van der Waals surface area contributed by atoms with Gasteiger partial charge in [0.15, 0.2) is 40.7 Å². The number of hydrogen-bond acceptors (Lipinski definition) is 0. The lowest BCUT2D eigenvalue weighted by Gasteiger charge is -2.11. The van der Waals surface area contributed by atoms with Gasteiger partial charge in [0.1, 0.15) is 0 Å². The highest BCUT2D eigenvalue weighted by molar-refractivity contribution is 6.32. The number of hydrogen-bond donors (Lipinski definition) is 0. The van der Waals surface area contributed by atoms with E-state index in [2.05, 4.69) is 0 Å². The average Bonchev–Trinajstić information content (AvgIpc) is 2.46. The molecule has 0 spiro atoms. The van der Waals surface area contributed by atoms with Crippen LogP contribution in [-0.2, 0) is 0 Å². The lowest BCUT2D eigenvalue weighted by molar-refractivity contribution is 0.380. The number of benzene rings is 2. The van der Waals surface area contributed by atoms with E-state index in [-0.39, 0.29) is 10.2 Å². The molecule has 0 aliphatic heterocycles. The van der Waals surface area contributed by atoms with Gasteiger partial charge in [0, 0.05) is 15.8 Å². The monoisotopic (exact) mass is 328 g/mol. The van der Waals surface area contributed by atoms with Gasteiger partial charge in [-0.1, -0.05) is 0 Å². The van der Waals surface area contributed by atoms with Crippen molar-refractivity contribution < 1.29 is 35.1 Å². The summed E-state index contributed by atoms with van der Waals surface area (Å²) in [4.78, 5) is 0. The first-order valence-corrected chi connectivity index (χ1v) is 6.34. The van der Waals surface area contributed by atoms with Crippen LogP contribution in [0.25, 0.3) is 11.1 Å². The Labute approximate surface area is 115 Å². The standard InChI is InChI=1S/C12H4F8Si/c13-5-2(1-3(21)6(14)9(5)17)4-7(15)10(18)12(20)11(19)8(4)16/h1H,21H3. The van der Waals surface area contributed by atoms with Crippen LogP contribution in [-0.4, -0.2) is 10.2 Å². The molecule has 0 unspecified atom stereocenters. The van der Waals surface area contributed by atoms with Crippen molar-refractivity contribution in [1.82, 2.24) is 0 Å². The van der Waals surface area contributed by atoms with Crippen LogP contribution in [0.2, 0.25) is 0 Å². The van der Waals surface area contributed by atoms with Crippen LogP contribution in [0.4, 0.5) is 35.1 Å². The Kier molecular flexibility index (Phi) is 3.79. The zero-order valence-corrected chi connectivity index (χ0v) is 12.1. The Morgan fingerprint density at radius 2 is 0.905 bits per heavy atom. The minimum absolute atomic E-state index is 0.175. The van der Waals surface area contributed by atoms with Gasteiger partial charge < -0.3 is 0 Å². The molecule has 0 bridgehead atoms. The summed E-state index contributed by atoms with van der Waals surface area (Å²) in [6.07, 6.45) is 0. The number of halogens is 8. The zero-order chi connectivity index (χ0) is 16.1. The minimum Gasteiger partial charge on any atom is -0.204 e. The van der Waals surface area contributed by atoms with Crippen LogP contribution in [0.1, 0.15) is 0 Å². The summed E-state index contributed by atoms with van der Waals surface area (Å²) in [5, 5.41) is -0.423. The van der Waals surface area contributed by atoms with E-state index in [0.29, 0.717) is 6.07 Å². The maximum Gasteiger partial charge on any atom is 0.200 e. The second-order valence-corrected chi connectivity index (χ2v) is 5.21. The molecule has 0 aromatic heterocycles. The van der Waals surface area contributed by atoms with Crippen molar-refractivity contribution in [3.05, 3.63) is 52.6 Å². The Bertz CT molecular complexity index is 727. The Morgan fingerprint density at radius 1 is 0.524 bits per heavy atom. The van der Waals surface area contributed by atoms with Crippen molar-refractivity contribution in [1.29, 1.82) is 0 Å². The maximum atomic E-state index is 13.6. The van der Waals surface area contributed by atoms with Crippen LogP contribution in [0.3, 0.4) is 0 Å². The quantitative estimate of drug-likeness (QED) is 0.327. The molecule has 21 heavy (non-hydrogen) atoms. The summed E-state index contributed by atoms with van der Waals surface area (Å²) < 4.78 is 106. The van der Waals surface area contributed by atoms with E-state index in [0.717, 1.165) is 0 Å². The van der Waals surface area contributed by atoms with Crippen LogP contribution in [0.5, 0.6) is 0 Å². The van der Waals surface area contributed by atoms with Crippen molar-refractivity contribution in [2.45, 2.75) is 0 Å². The average molecular weight is 328 g/mol. The molecule has 0 nitrogen and oxygen atoms in total. The lowest BCUT2D eigenvalue weighted by Crippen LogP contribution is -2.15.